The Morgan fingerprint density at radius 3 is 2.88 bits per heavy atom. The van der Waals surface area contributed by atoms with Crippen molar-refractivity contribution in [2.75, 3.05) is 19.7 Å². The summed E-state index contributed by atoms with van der Waals surface area (Å²) in [6, 6.07) is 9.73. The van der Waals surface area contributed by atoms with E-state index in [2.05, 4.69) is 11.1 Å². The zero-order chi connectivity index (χ0) is 16.8. The number of benzene rings is 1. The molecule has 1 saturated heterocycles. The van der Waals surface area contributed by atoms with Gasteiger partial charge in [0.25, 0.3) is 5.91 Å². The maximum Gasteiger partial charge on any atom is 0.260 e. The van der Waals surface area contributed by atoms with E-state index in [4.69, 9.17) is 4.74 Å². The zero-order valence-electron chi connectivity index (χ0n) is 13.5. The van der Waals surface area contributed by atoms with Crippen molar-refractivity contribution < 1.29 is 13.9 Å². The van der Waals surface area contributed by atoms with Gasteiger partial charge in [0.2, 0.25) is 0 Å². The number of piperidine rings is 1. The van der Waals surface area contributed by atoms with Gasteiger partial charge in [-0.15, -0.1) is 0 Å². The van der Waals surface area contributed by atoms with Crippen LogP contribution in [0.2, 0.25) is 0 Å². The molecular formula is C19H21FN2O2. The van der Waals surface area contributed by atoms with E-state index in [9.17, 15) is 9.18 Å². The molecule has 1 aliphatic heterocycles. The molecule has 1 atom stereocenters. The molecule has 3 rings (SSSR count). The highest BCUT2D eigenvalue weighted by molar-refractivity contribution is 5.77. The Kier molecular flexibility index (Phi) is 5.41. The van der Waals surface area contributed by atoms with E-state index < -0.39 is 0 Å². The molecule has 0 bridgehead atoms. The first kappa shape index (κ1) is 16.4. The van der Waals surface area contributed by atoms with Crippen LogP contribution in [0.25, 0.3) is 0 Å². The van der Waals surface area contributed by atoms with E-state index in [0.717, 1.165) is 32.4 Å². The van der Waals surface area contributed by atoms with Crippen LogP contribution in [0.5, 0.6) is 5.75 Å². The second-order valence-electron chi connectivity index (χ2n) is 6.16. The van der Waals surface area contributed by atoms with Crippen LogP contribution in [-0.4, -0.2) is 35.5 Å². The quantitative estimate of drug-likeness (QED) is 0.847. The van der Waals surface area contributed by atoms with Crippen LogP contribution < -0.4 is 4.74 Å². The zero-order valence-corrected chi connectivity index (χ0v) is 13.5. The monoisotopic (exact) mass is 328 g/mol. The summed E-state index contributed by atoms with van der Waals surface area (Å²) in [7, 11) is 0. The Hall–Kier alpha value is -2.43. The lowest BCUT2D eigenvalue weighted by molar-refractivity contribution is -0.135. The molecule has 1 fully saturated rings. The Morgan fingerprint density at radius 2 is 2.12 bits per heavy atom. The first-order chi connectivity index (χ1) is 11.7. The Morgan fingerprint density at radius 1 is 1.29 bits per heavy atom. The highest BCUT2D eigenvalue weighted by Gasteiger charge is 2.24. The van der Waals surface area contributed by atoms with E-state index in [1.54, 1.807) is 6.20 Å². The van der Waals surface area contributed by atoms with Gasteiger partial charge in [0.15, 0.2) is 6.61 Å². The molecule has 5 heteroatoms. The molecule has 126 valence electrons. The predicted octanol–water partition coefficient (Wildman–Crippen LogP) is 3.08. The van der Waals surface area contributed by atoms with Crippen LogP contribution in [0, 0.1) is 11.7 Å². The number of likely N-dealkylation sites (tertiary alicyclic amines) is 1. The lowest BCUT2D eigenvalue weighted by Gasteiger charge is -2.32. The SMILES string of the molecule is O=C(COc1ccc(F)cc1)N1CCCC(Cc2cccnc2)C1. The first-order valence-electron chi connectivity index (χ1n) is 8.26. The van der Waals surface area contributed by atoms with Crippen molar-refractivity contribution in [2.45, 2.75) is 19.3 Å². The molecule has 0 spiro atoms. The Balaban J connectivity index is 1.50. The third-order valence-electron chi connectivity index (χ3n) is 4.29. The third kappa shape index (κ3) is 4.54. The van der Waals surface area contributed by atoms with Crippen LogP contribution in [0.3, 0.4) is 0 Å². The number of hydrogen-bond donors (Lipinski definition) is 0. The molecule has 0 radical (unpaired) electrons. The number of amides is 1. The van der Waals surface area contributed by atoms with E-state index >= 15 is 0 Å². The van der Waals surface area contributed by atoms with Gasteiger partial charge in [-0.1, -0.05) is 6.07 Å². The van der Waals surface area contributed by atoms with E-state index in [-0.39, 0.29) is 18.3 Å². The largest absolute Gasteiger partial charge is 0.484 e. The number of hydrogen-bond acceptors (Lipinski definition) is 3. The summed E-state index contributed by atoms with van der Waals surface area (Å²) >= 11 is 0. The average molecular weight is 328 g/mol. The summed E-state index contributed by atoms with van der Waals surface area (Å²) in [6.07, 6.45) is 6.73. The van der Waals surface area contributed by atoms with Gasteiger partial charge in [0.1, 0.15) is 11.6 Å². The smallest absolute Gasteiger partial charge is 0.260 e. The number of ether oxygens (including phenoxy) is 1. The number of carbonyl (C=O) groups is 1. The summed E-state index contributed by atoms with van der Waals surface area (Å²) < 4.78 is 18.3. The van der Waals surface area contributed by atoms with Crippen molar-refractivity contribution in [1.82, 2.24) is 9.88 Å². The molecule has 4 nitrogen and oxygen atoms in total. The summed E-state index contributed by atoms with van der Waals surface area (Å²) in [4.78, 5) is 18.4. The average Bonchev–Trinajstić information content (AvgIpc) is 2.62. The fraction of sp³-hybridized carbons (Fsp3) is 0.368. The summed E-state index contributed by atoms with van der Waals surface area (Å²) in [5.41, 5.74) is 1.21. The summed E-state index contributed by atoms with van der Waals surface area (Å²) in [5.74, 6) is 0.629. The van der Waals surface area contributed by atoms with Crippen molar-refractivity contribution in [3.05, 3.63) is 60.2 Å². The summed E-state index contributed by atoms with van der Waals surface area (Å²) in [6.45, 7) is 1.51. The second kappa shape index (κ2) is 7.90. The molecule has 1 aromatic carbocycles. The number of aromatic nitrogens is 1. The van der Waals surface area contributed by atoms with E-state index in [1.165, 1.54) is 29.8 Å². The third-order valence-corrected chi connectivity index (χ3v) is 4.29. The maximum absolute atomic E-state index is 12.9. The van der Waals surface area contributed by atoms with Crippen molar-refractivity contribution in [3.8, 4) is 5.75 Å². The fourth-order valence-electron chi connectivity index (χ4n) is 3.08. The van der Waals surface area contributed by atoms with Gasteiger partial charge in [0, 0.05) is 25.5 Å². The standard InChI is InChI=1S/C19H21FN2O2/c20-17-5-7-18(8-6-17)24-14-19(23)22-10-2-4-16(13-22)11-15-3-1-9-21-12-15/h1,3,5-9,12,16H,2,4,10-11,13-14H2. The minimum absolute atomic E-state index is 0.00869. The second-order valence-corrected chi connectivity index (χ2v) is 6.16. The molecule has 1 unspecified atom stereocenters. The maximum atomic E-state index is 12.9. The van der Waals surface area contributed by atoms with E-state index in [1.807, 2.05) is 17.2 Å². The van der Waals surface area contributed by atoms with Gasteiger partial charge in [-0.3, -0.25) is 9.78 Å². The molecule has 0 saturated carbocycles. The van der Waals surface area contributed by atoms with Crippen LogP contribution in [0.15, 0.2) is 48.8 Å². The molecule has 0 N–H and O–H groups in total. The molecular weight excluding hydrogens is 307 g/mol. The number of rotatable bonds is 5. The molecule has 1 amide bonds. The van der Waals surface area contributed by atoms with Gasteiger partial charge in [-0.05, 0) is 61.1 Å². The van der Waals surface area contributed by atoms with Crippen LogP contribution >= 0.6 is 0 Å². The van der Waals surface area contributed by atoms with Gasteiger partial charge in [-0.2, -0.15) is 0 Å². The molecule has 0 aliphatic carbocycles. The summed E-state index contributed by atoms with van der Waals surface area (Å²) in [5, 5.41) is 0. The van der Waals surface area contributed by atoms with Gasteiger partial charge >= 0.3 is 0 Å². The van der Waals surface area contributed by atoms with Crippen molar-refractivity contribution in [1.29, 1.82) is 0 Å². The minimum Gasteiger partial charge on any atom is -0.484 e. The number of pyridine rings is 1. The molecule has 1 aliphatic rings. The van der Waals surface area contributed by atoms with Crippen molar-refractivity contribution in [3.63, 3.8) is 0 Å². The molecule has 2 heterocycles. The van der Waals surface area contributed by atoms with Crippen molar-refractivity contribution in [2.24, 2.45) is 5.92 Å². The number of nitrogens with zero attached hydrogens (tertiary/aromatic N) is 2. The highest BCUT2D eigenvalue weighted by Crippen LogP contribution is 2.21. The Bertz CT molecular complexity index is 661. The van der Waals surface area contributed by atoms with Gasteiger partial charge < -0.3 is 9.64 Å². The van der Waals surface area contributed by atoms with Crippen LogP contribution in [0.1, 0.15) is 18.4 Å². The van der Waals surface area contributed by atoms with Crippen LogP contribution in [0.4, 0.5) is 4.39 Å². The number of carbonyl (C=O) groups excluding carboxylic acids is 1. The number of halogens is 1. The normalized spacial score (nSPS) is 17.5. The van der Waals surface area contributed by atoms with Gasteiger partial charge in [-0.25, -0.2) is 4.39 Å². The fourth-order valence-corrected chi connectivity index (χ4v) is 3.08. The van der Waals surface area contributed by atoms with Crippen LogP contribution in [-0.2, 0) is 11.2 Å². The molecule has 24 heavy (non-hydrogen) atoms. The van der Waals surface area contributed by atoms with E-state index in [0.29, 0.717) is 11.7 Å². The van der Waals surface area contributed by atoms with Crippen molar-refractivity contribution >= 4 is 5.91 Å². The van der Waals surface area contributed by atoms with Gasteiger partial charge in [0.05, 0.1) is 0 Å². The molecule has 2 aromatic rings. The first-order valence-corrected chi connectivity index (χ1v) is 8.26. The minimum atomic E-state index is -0.317. The lowest BCUT2D eigenvalue weighted by atomic mass is 9.92. The predicted molar refractivity (Wildman–Crippen MR) is 89.1 cm³/mol. The lowest BCUT2D eigenvalue weighted by Crippen LogP contribution is -2.42. The molecule has 1 aromatic heterocycles. The topological polar surface area (TPSA) is 42.4 Å². The highest BCUT2D eigenvalue weighted by atomic mass is 19.1. The Labute approximate surface area is 141 Å².